The van der Waals surface area contributed by atoms with Gasteiger partial charge in [0.1, 0.15) is 11.6 Å². The Hall–Kier alpha value is -10.5. The lowest BCUT2D eigenvalue weighted by Crippen LogP contribution is -2.11. The summed E-state index contributed by atoms with van der Waals surface area (Å²) in [5, 5.41) is 5.72. The molecule has 0 bridgehead atoms. The molecule has 9 heteroatoms. The molecule has 0 saturated carbocycles. The standard InChI is InChI=1S/C42H38N4.C21H23BrN2.C21H16N2/c1-29(2)37-20-12-21-38(30(3)4)41(37)45-26-25-43-42(45)33-15-11-19-36(28-33)46(34-16-6-5-7-17-34)35-18-10-14-32(27-35)40-24-23-31-13-8-9-22-39(31)44-40;1-14(2)18-9-6-10-19(15(3)4)20(18)24-12-11-23-21(24)16-7-5-8-17(22)13-16;1-2-9-18(10-3-1)22-19-11-6-8-17(15-19)21-14-13-16-7-4-5-12-20(16)23-21/h5-30H,1-4H3;5-15H,1-4H3;1-15,22H. The van der Waals surface area contributed by atoms with Crippen LogP contribution in [0.1, 0.15) is 101 Å². The SMILES string of the molecule is CC(C)c1cccc(C(C)C)c1-n1ccnc1-c1cccc(Br)c1.CC(C)c1cccc(C(C)C)c1-n1ccnc1-c1cccc(N(c2ccccc2)c2cccc(-c3ccc4ccccc4n3)c2)c1.c1ccc(Nc2cccc(-c3ccc4ccccc4n3)c2)cc1. The highest BCUT2D eigenvalue weighted by atomic mass is 79.9. The fourth-order valence-electron chi connectivity index (χ4n) is 12.1. The molecule has 14 rings (SSSR count). The first-order chi connectivity index (χ1) is 45.3. The number of fused-ring (bicyclic) bond motifs is 2. The van der Waals surface area contributed by atoms with Crippen LogP contribution in [0.15, 0.2) is 296 Å². The molecule has 0 saturated heterocycles. The molecule has 93 heavy (non-hydrogen) atoms. The van der Waals surface area contributed by atoms with Gasteiger partial charge < -0.3 is 10.2 Å². The highest BCUT2D eigenvalue weighted by Crippen LogP contribution is 2.41. The molecule has 460 valence electrons. The van der Waals surface area contributed by atoms with E-state index in [0.717, 1.165) is 100 Å². The average Bonchev–Trinajstić information content (AvgIpc) is 1.85. The van der Waals surface area contributed by atoms with E-state index in [1.807, 2.05) is 60.9 Å². The van der Waals surface area contributed by atoms with E-state index in [9.17, 15) is 0 Å². The molecule has 0 fully saturated rings. The number of anilines is 5. The zero-order valence-corrected chi connectivity index (χ0v) is 55.6. The Morgan fingerprint density at radius 3 is 1.23 bits per heavy atom. The van der Waals surface area contributed by atoms with Crippen LogP contribution < -0.4 is 10.2 Å². The van der Waals surface area contributed by atoms with Crippen LogP contribution in [-0.2, 0) is 0 Å². The third kappa shape index (κ3) is 14.4. The van der Waals surface area contributed by atoms with Crippen molar-refractivity contribution in [2.45, 2.75) is 79.1 Å². The summed E-state index contributed by atoms with van der Waals surface area (Å²) in [5.74, 6) is 3.58. The molecule has 0 amide bonds. The maximum Gasteiger partial charge on any atom is 0.144 e. The van der Waals surface area contributed by atoms with Crippen molar-refractivity contribution in [2.24, 2.45) is 0 Å². The molecule has 4 heterocycles. The topological polar surface area (TPSA) is 76.7 Å². The predicted octanol–water partition coefficient (Wildman–Crippen LogP) is 23.7. The van der Waals surface area contributed by atoms with E-state index in [0.29, 0.717) is 23.7 Å². The molecule has 0 radical (unpaired) electrons. The van der Waals surface area contributed by atoms with E-state index in [1.54, 1.807) is 0 Å². The zero-order valence-electron chi connectivity index (χ0n) is 54.0. The van der Waals surface area contributed by atoms with Crippen molar-refractivity contribution in [3.05, 3.63) is 318 Å². The second kappa shape index (κ2) is 28.8. The Morgan fingerprint density at radius 1 is 0.344 bits per heavy atom. The molecule has 0 aliphatic heterocycles. The maximum absolute atomic E-state index is 4.99. The van der Waals surface area contributed by atoms with Crippen molar-refractivity contribution in [3.63, 3.8) is 0 Å². The zero-order chi connectivity index (χ0) is 64.4. The summed E-state index contributed by atoms with van der Waals surface area (Å²) in [7, 11) is 0. The number of hydrogen-bond acceptors (Lipinski definition) is 6. The highest BCUT2D eigenvalue weighted by molar-refractivity contribution is 9.10. The molecular weight excluding hydrogens is 1200 g/mol. The van der Waals surface area contributed by atoms with Gasteiger partial charge in [-0.05, 0) is 143 Å². The molecule has 4 aromatic heterocycles. The smallest absolute Gasteiger partial charge is 0.144 e. The number of aromatic nitrogens is 6. The van der Waals surface area contributed by atoms with Gasteiger partial charge in [0.05, 0.1) is 33.8 Å². The van der Waals surface area contributed by atoms with Crippen molar-refractivity contribution in [3.8, 4) is 56.7 Å². The van der Waals surface area contributed by atoms with E-state index in [4.69, 9.17) is 15.0 Å². The number of halogens is 1. The van der Waals surface area contributed by atoms with Crippen molar-refractivity contribution < 1.29 is 0 Å². The van der Waals surface area contributed by atoms with Crippen LogP contribution >= 0.6 is 15.9 Å². The first kappa shape index (κ1) is 62.7. The molecule has 1 N–H and O–H groups in total. The lowest BCUT2D eigenvalue weighted by molar-refractivity contribution is 0.806. The van der Waals surface area contributed by atoms with E-state index < -0.39 is 0 Å². The molecular formula is C84H77BrN8. The number of para-hydroxylation sites is 6. The van der Waals surface area contributed by atoms with Crippen LogP contribution in [0, 0.1) is 0 Å². The molecule has 0 aliphatic rings. The largest absolute Gasteiger partial charge is 0.356 e. The van der Waals surface area contributed by atoms with Gasteiger partial charge in [0, 0.05) is 90.7 Å². The van der Waals surface area contributed by atoms with Crippen molar-refractivity contribution in [1.82, 2.24) is 29.1 Å². The molecule has 0 spiro atoms. The van der Waals surface area contributed by atoms with E-state index in [-0.39, 0.29) is 0 Å². The molecule has 0 aliphatic carbocycles. The van der Waals surface area contributed by atoms with Crippen LogP contribution in [0.4, 0.5) is 28.4 Å². The maximum atomic E-state index is 4.99. The first-order valence-corrected chi connectivity index (χ1v) is 32.9. The predicted molar refractivity (Wildman–Crippen MR) is 394 cm³/mol. The number of nitrogens with one attached hydrogen (secondary N) is 1. The summed E-state index contributed by atoms with van der Waals surface area (Å²) < 4.78 is 5.59. The Balaban J connectivity index is 0.000000148. The second-order valence-corrected chi connectivity index (χ2v) is 25.5. The molecule has 10 aromatic carbocycles. The summed E-state index contributed by atoms with van der Waals surface area (Å²) in [6.45, 7) is 18.0. The van der Waals surface area contributed by atoms with Crippen LogP contribution in [0.3, 0.4) is 0 Å². The number of imidazole rings is 2. The molecule has 14 aromatic rings. The fourth-order valence-corrected chi connectivity index (χ4v) is 12.5. The Labute approximate surface area is 556 Å². The number of rotatable bonds is 15. The van der Waals surface area contributed by atoms with Gasteiger partial charge in [-0.15, -0.1) is 0 Å². The van der Waals surface area contributed by atoms with E-state index >= 15 is 0 Å². The van der Waals surface area contributed by atoms with Gasteiger partial charge in [0.2, 0.25) is 0 Å². The quantitative estimate of drug-likeness (QED) is 0.110. The lowest BCUT2D eigenvalue weighted by atomic mass is 9.92. The van der Waals surface area contributed by atoms with Crippen molar-refractivity contribution in [1.29, 1.82) is 0 Å². The van der Waals surface area contributed by atoms with Crippen molar-refractivity contribution in [2.75, 3.05) is 10.2 Å². The van der Waals surface area contributed by atoms with E-state index in [1.165, 1.54) is 33.6 Å². The number of nitrogens with zero attached hydrogens (tertiary/aromatic N) is 7. The molecule has 0 unspecified atom stereocenters. The van der Waals surface area contributed by atoms with Gasteiger partial charge >= 0.3 is 0 Å². The van der Waals surface area contributed by atoms with Gasteiger partial charge in [-0.3, -0.25) is 9.13 Å². The average molecular weight is 1280 g/mol. The summed E-state index contributed by atoms with van der Waals surface area (Å²) in [6, 6.07) is 92.9. The van der Waals surface area contributed by atoms with Gasteiger partial charge in [-0.25, -0.2) is 19.9 Å². The summed E-state index contributed by atoms with van der Waals surface area (Å²) in [6.07, 6.45) is 7.98. The van der Waals surface area contributed by atoms with Crippen LogP contribution in [0.5, 0.6) is 0 Å². The lowest BCUT2D eigenvalue weighted by Gasteiger charge is -2.26. The van der Waals surface area contributed by atoms with Crippen molar-refractivity contribution >= 4 is 66.2 Å². The van der Waals surface area contributed by atoms with Gasteiger partial charge in [0.25, 0.3) is 0 Å². The minimum absolute atomic E-state index is 0.383. The Kier molecular flexibility index (Phi) is 19.4. The van der Waals surface area contributed by atoms with Gasteiger partial charge in [-0.1, -0.05) is 241 Å². The van der Waals surface area contributed by atoms with E-state index in [2.05, 4.69) is 326 Å². The number of benzene rings is 10. The summed E-state index contributed by atoms with van der Waals surface area (Å²) >= 11 is 3.57. The second-order valence-electron chi connectivity index (χ2n) is 24.6. The third-order valence-electron chi connectivity index (χ3n) is 16.7. The third-order valence-corrected chi connectivity index (χ3v) is 17.2. The van der Waals surface area contributed by atoms with Gasteiger partial charge in [0.15, 0.2) is 0 Å². The summed E-state index contributed by atoms with van der Waals surface area (Å²) in [4.78, 5) is 21.6. The minimum atomic E-state index is 0.383. The van der Waals surface area contributed by atoms with Gasteiger partial charge in [-0.2, -0.15) is 0 Å². The van der Waals surface area contributed by atoms with Crippen LogP contribution in [-0.4, -0.2) is 29.1 Å². The molecule has 8 nitrogen and oxygen atoms in total. The Bertz CT molecular complexity index is 4780. The Morgan fingerprint density at radius 2 is 0.731 bits per heavy atom. The highest BCUT2D eigenvalue weighted by Gasteiger charge is 2.22. The minimum Gasteiger partial charge on any atom is -0.356 e. The van der Waals surface area contributed by atoms with Crippen LogP contribution in [0.25, 0.3) is 78.5 Å². The number of hydrogen-bond donors (Lipinski definition) is 1. The van der Waals surface area contributed by atoms with Crippen LogP contribution in [0.2, 0.25) is 0 Å². The monoisotopic (exact) mass is 1280 g/mol. The molecule has 0 atom stereocenters. The fraction of sp³-hybridized carbons (Fsp3) is 0.143. The first-order valence-electron chi connectivity index (χ1n) is 32.1. The normalized spacial score (nSPS) is 11.2. The number of pyridine rings is 2. The summed E-state index contributed by atoms with van der Waals surface area (Å²) in [5.41, 5.74) is 21.5.